The van der Waals surface area contributed by atoms with Gasteiger partial charge in [-0.25, -0.2) is 9.78 Å². The largest absolute Gasteiger partial charge is 0.493 e. The van der Waals surface area contributed by atoms with Crippen LogP contribution in [0, 0.1) is 6.07 Å². The highest BCUT2D eigenvalue weighted by atomic mass is 16.5. The van der Waals surface area contributed by atoms with Gasteiger partial charge in [0, 0.05) is 31.4 Å². The molecule has 1 aliphatic heterocycles. The van der Waals surface area contributed by atoms with Gasteiger partial charge in [-0.3, -0.25) is 4.57 Å². The lowest BCUT2D eigenvalue weighted by Gasteiger charge is -2.33. The second kappa shape index (κ2) is 5.25. The quantitative estimate of drug-likeness (QED) is 0.847. The number of pyridine rings is 1. The first-order valence-corrected chi connectivity index (χ1v) is 6.88. The Morgan fingerprint density at radius 1 is 1.57 bits per heavy atom. The summed E-state index contributed by atoms with van der Waals surface area (Å²) in [7, 11) is 1.60. The number of hydrogen-bond donors (Lipinski definition) is 2. The van der Waals surface area contributed by atoms with E-state index in [0.717, 1.165) is 37.0 Å². The van der Waals surface area contributed by atoms with Gasteiger partial charge >= 0.3 is 6.03 Å². The molecule has 3 rings (SSSR count). The van der Waals surface area contributed by atoms with Gasteiger partial charge in [-0.2, -0.15) is 0 Å². The van der Waals surface area contributed by atoms with Crippen LogP contribution in [0.25, 0.3) is 11.0 Å². The van der Waals surface area contributed by atoms with Crippen molar-refractivity contribution in [2.75, 3.05) is 25.1 Å². The molecule has 21 heavy (non-hydrogen) atoms. The molecular weight excluding hydrogens is 270 g/mol. The molecule has 0 saturated carbocycles. The van der Waals surface area contributed by atoms with Gasteiger partial charge in [0.1, 0.15) is 0 Å². The smallest absolute Gasteiger partial charge is 0.324 e. The van der Waals surface area contributed by atoms with Crippen molar-refractivity contribution < 1.29 is 9.53 Å². The number of primary amides is 1. The lowest BCUT2D eigenvalue weighted by molar-refractivity contribution is 0.251. The van der Waals surface area contributed by atoms with E-state index in [0.29, 0.717) is 11.4 Å². The van der Waals surface area contributed by atoms with Crippen LogP contribution in [-0.4, -0.2) is 41.8 Å². The maximum absolute atomic E-state index is 11.4. The number of methoxy groups -OCH3 is 1. The first kappa shape index (κ1) is 13.7. The number of amides is 1. The zero-order chi connectivity index (χ0) is 15.0. The molecule has 7 heteroatoms. The van der Waals surface area contributed by atoms with Crippen LogP contribution in [0.2, 0.25) is 0 Å². The molecule has 7 nitrogen and oxygen atoms in total. The summed E-state index contributed by atoms with van der Waals surface area (Å²) in [5, 5.41) is 0.724. The summed E-state index contributed by atoms with van der Waals surface area (Å²) in [5.41, 5.74) is 12.8. The Hall–Kier alpha value is -2.28. The van der Waals surface area contributed by atoms with Crippen molar-refractivity contribution >= 4 is 22.8 Å². The molecule has 111 valence electrons. The van der Waals surface area contributed by atoms with Crippen LogP contribution in [0.4, 0.5) is 10.5 Å². The Morgan fingerprint density at radius 3 is 3.05 bits per heavy atom. The number of ether oxygens (including phenoxy) is 1. The molecule has 1 atom stereocenters. The summed E-state index contributed by atoms with van der Waals surface area (Å²) in [4.78, 5) is 17.9. The van der Waals surface area contributed by atoms with E-state index >= 15 is 0 Å². The average Bonchev–Trinajstić information content (AvgIpc) is 2.90. The molecule has 0 spiro atoms. The van der Waals surface area contributed by atoms with Gasteiger partial charge in [-0.15, -0.1) is 0 Å². The molecule has 1 aliphatic rings. The van der Waals surface area contributed by atoms with Crippen molar-refractivity contribution in [1.29, 1.82) is 0 Å². The first-order chi connectivity index (χ1) is 10.1. The molecule has 2 aromatic rings. The van der Waals surface area contributed by atoms with E-state index in [9.17, 15) is 4.79 Å². The van der Waals surface area contributed by atoms with Crippen molar-refractivity contribution in [3.8, 4) is 5.75 Å². The third kappa shape index (κ3) is 2.29. The first-order valence-electron chi connectivity index (χ1n) is 6.88. The summed E-state index contributed by atoms with van der Waals surface area (Å²) in [5.74, 6) is 0.648. The number of carbonyl (C=O) groups excluding carboxylic acids is 1. The van der Waals surface area contributed by atoms with Crippen molar-refractivity contribution in [3.63, 3.8) is 0 Å². The standard InChI is InChI=1S/C14H18N5O2/c1-21-11-7-17-13-10(4-6-19(13)14(16)20)12(11)18-5-2-3-9(15)8-18/h6-7,9H,2-3,5,8,15H2,1H3,(H2,16,20)/t9-/m1/s1. The van der Waals surface area contributed by atoms with E-state index in [2.05, 4.69) is 16.0 Å². The Labute approximate surface area is 122 Å². The molecule has 1 fully saturated rings. The normalized spacial score (nSPS) is 19.0. The maximum atomic E-state index is 11.4. The average molecular weight is 288 g/mol. The molecule has 1 saturated heterocycles. The van der Waals surface area contributed by atoms with Crippen LogP contribution in [0.1, 0.15) is 12.8 Å². The lowest BCUT2D eigenvalue weighted by Crippen LogP contribution is -2.43. The molecule has 1 amide bonds. The third-order valence-electron chi connectivity index (χ3n) is 3.80. The number of nitrogens with zero attached hydrogens (tertiary/aromatic N) is 3. The Morgan fingerprint density at radius 2 is 2.38 bits per heavy atom. The Bertz CT molecular complexity index is 681. The number of aromatic nitrogens is 2. The predicted molar refractivity (Wildman–Crippen MR) is 79.5 cm³/mol. The van der Waals surface area contributed by atoms with Gasteiger partial charge in [-0.05, 0) is 12.8 Å². The molecule has 1 radical (unpaired) electrons. The number of fused-ring (bicyclic) bond motifs is 1. The molecular formula is C14H18N5O2. The number of nitrogens with two attached hydrogens (primary N) is 2. The second-order valence-electron chi connectivity index (χ2n) is 5.20. The van der Waals surface area contributed by atoms with E-state index < -0.39 is 6.03 Å². The van der Waals surface area contributed by atoms with E-state index in [-0.39, 0.29) is 6.04 Å². The minimum Gasteiger partial charge on any atom is -0.493 e. The second-order valence-corrected chi connectivity index (χ2v) is 5.20. The molecule has 0 aliphatic carbocycles. The number of anilines is 1. The maximum Gasteiger partial charge on any atom is 0.324 e. The SMILES string of the molecule is COc1cnc2c([c]cn2C(N)=O)c1N1CCC[C@@H](N)C1. The van der Waals surface area contributed by atoms with Crippen LogP contribution in [0.3, 0.4) is 0 Å². The zero-order valence-electron chi connectivity index (χ0n) is 11.9. The van der Waals surface area contributed by atoms with Gasteiger partial charge in [-0.1, -0.05) is 0 Å². The van der Waals surface area contributed by atoms with Crippen molar-refractivity contribution in [2.24, 2.45) is 11.5 Å². The van der Waals surface area contributed by atoms with Crippen LogP contribution >= 0.6 is 0 Å². The number of piperidine rings is 1. The van der Waals surface area contributed by atoms with Gasteiger partial charge in [0.25, 0.3) is 0 Å². The topological polar surface area (TPSA) is 99.4 Å². The predicted octanol–water partition coefficient (Wildman–Crippen LogP) is 0.699. The van der Waals surface area contributed by atoms with E-state index in [4.69, 9.17) is 16.2 Å². The monoisotopic (exact) mass is 288 g/mol. The van der Waals surface area contributed by atoms with Gasteiger partial charge in [0.15, 0.2) is 11.4 Å². The summed E-state index contributed by atoms with van der Waals surface area (Å²) in [6, 6.07) is 2.61. The van der Waals surface area contributed by atoms with E-state index in [1.165, 1.54) is 10.8 Å². The summed E-state index contributed by atoms with van der Waals surface area (Å²) < 4.78 is 6.70. The number of rotatable bonds is 2. The Kier molecular flexibility index (Phi) is 3.42. The molecule has 0 aromatic carbocycles. The highest BCUT2D eigenvalue weighted by Crippen LogP contribution is 2.36. The molecule has 3 heterocycles. The number of hydrogen-bond acceptors (Lipinski definition) is 5. The van der Waals surface area contributed by atoms with Gasteiger partial charge in [0.2, 0.25) is 0 Å². The van der Waals surface area contributed by atoms with E-state index in [1.807, 2.05) is 0 Å². The summed E-state index contributed by atoms with van der Waals surface area (Å²) >= 11 is 0. The fourth-order valence-corrected chi connectivity index (χ4v) is 2.82. The minimum atomic E-state index is -0.583. The van der Waals surface area contributed by atoms with Crippen LogP contribution < -0.4 is 21.1 Å². The summed E-state index contributed by atoms with van der Waals surface area (Å²) in [6.07, 6.45) is 5.14. The van der Waals surface area contributed by atoms with Gasteiger partial charge < -0.3 is 21.1 Å². The molecule has 0 bridgehead atoms. The van der Waals surface area contributed by atoms with Gasteiger partial charge in [0.05, 0.1) is 24.4 Å². The van der Waals surface area contributed by atoms with Crippen LogP contribution in [0.5, 0.6) is 5.75 Å². The van der Waals surface area contributed by atoms with Crippen LogP contribution in [0.15, 0.2) is 12.4 Å². The lowest BCUT2D eigenvalue weighted by atomic mass is 10.1. The van der Waals surface area contributed by atoms with Crippen molar-refractivity contribution in [2.45, 2.75) is 18.9 Å². The highest BCUT2D eigenvalue weighted by Gasteiger charge is 2.24. The van der Waals surface area contributed by atoms with E-state index in [1.54, 1.807) is 13.3 Å². The fourth-order valence-electron chi connectivity index (χ4n) is 2.82. The molecule has 4 N–H and O–H groups in total. The van der Waals surface area contributed by atoms with Crippen molar-refractivity contribution in [1.82, 2.24) is 9.55 Å². The molecule has 2 aromatic heterocycles. The number of carbonyl (C=O) groups is 1. The fraction of sp³-hybridized carbons (Fsp3) is 0.429. The Balaban J connectivity index is 2.16. The zero-order valence-corrected chi connectivity index (χ0v) is 11.9. The molecule has 0 unspecified atom stereocenters. The minimum absolute atomic E-state index is 0.130. The van der Waals surface area contributed by atoms with Crippen molar-refractivity contribution in [3.05, 3.63) is 18.5 Å². The highest BCUT2D eigenvalue weighted by molar-refractivity contribution is 5.97. The summed E-state index contributed by atoms with van der Waals surface area (Å²) in [6.45, 7) is 1.63. The third-order valence-corrected chi connectivity index (χ3v) is 3.80. The van der Waals surface area contributed by atoms with Crippen LogP contribution in [-0.2, 0) is 0 Å².